The van der Waals surface area contributed by atoms with Crippen molar-refractivity contribution < 1.29 is 4.79 Å². The van der Waals surface area contributed by atoms with Crippen molar-refractivity contribution in [2.75, 3.05) is 11.0 Å². The first kappa shape index (κ1) is 11.5. The zero-order chi connectivity index (χ0) is 10.4. The lowest BCUT2D eigenvalue weighted by atomic mass is 10.3. The lowest BCUT2D eigenvalue weighted by molar-refractivity contribution is 0.0944. The monoisotopic (exact) mass is 307 g/mol. The van der Waals surface area contributed by atoms with Crippen LogP contribution in [0.1, 0.15) is 23.3 Å². The zero-order valence-corrected chi connectivity index (χ0v) is 10.3. The van der Waals surface area contributed by atoms with Gasteiger partial charge in [0.25, 0.3) is 5.91 Å². The van der Waals surface area contributed by atoms with E-state index in [0.717, 1.165) is 23.8 Å². The molecule has 1 aromatic rings. The Morgan fingerprint density at radius 3 is 3.00 bits per heavy atom. The molecule has 1 amide bonds. The maximum absolute atomic E-state index is 11.5. The van der Waals surface area contributed by atoms with E-state index in [0.29, 0.717) is 5.69 Å². The summed E-state index contributed by atoms with van der Waals surface area (Å²) >= 11 is 2.33. The van der Waals surface area contributed by atoms with E-state index in [1.807, 2.05) is 0 Å². The highest BCUT2D eigenvalue weighted by Gasteiger charge is 2.07. The Kier molecular flexibility index (Phi) is 4.92. The molecular formula is C9H14IN3O. The van der Waals surface area contributed by atoms with Crippen LogP contribution in [0.5, 0.6) is 0 Å². The molecule has 0 spiro atoms. The zero-order valence-electron chi connectivity index (χ0n) is 8.16. The van der Waals surface area contributed by atoms with Gasteiger partial charge in [0.1, 0.15) is 5.69 Å². The van der Waals surface area contributed by atoms with Gasteiger partial charge in [0.05, 0.1) is 0 Å². The second-order valence-corrected chi connectivity index (χ2v) is 4.07. The van der Waals surface area contributed by atoms with E-state index >= 15 is 0 Å². The van der Waals surface area contributed by atoms with Crippen molar-refractivity contribution in [3.8, 4) is 0 Å². The Morgan fingerprint density at radius 2 is 2.43 bits per heavy atom. The number of carbonyl (C=O) groups excluding carboxylic acids is 1. The van der Waals surface area contributed by atoms with Gasteiger partial charge in [-0.1, -0.05) is 22.6 Å². The van der Waals surface area contributed by atoms with Crippen LogP contribution in [-0.4, -0.2) is 26.7 Å². The summed E-state index contributed by atoms with van der Waals surface area (Å²) in [5.41, 5.74) is 0.611. The van der Waals surface area contributed by atoms with Gasteiger partial charge in [-0.2, -0.15) is 5.10 Å². The Labute approximate surface area is 97.2 Å². The van der Waals surface area contributed by atoms with Gasteiger partial charge < -0.3 is 5.32 Å². The molecule has 1 rings (SSSR count). The Hall–Kier alpha value is -0.590. The summed E-state index contributed by atoms with van der Waals surface area (Å²) < 4.78 is 2.72. The van der Waals surface area contributed by atoms with Crippen molar-refractivity contribution in [1.29, 1.82) is 0 Å². The van der Waals surface area contributed by atoms with Gasteiger partial charge in [0.15, 0.2) is 0 Å². The second-order valence-electron chi connectivity index (χ2n) is 2.99. The lowest BCUT2D eigenvalue weighted by Gasteiger charge is -2.03. The number of aryl methyl sites for hydroxylation is 1. The van der Waals surface area contributed by atoms with Crippen LogP contribution in [0, 0.1) is 0 Å². The molecule has 0 aromatic carbocycles. The lowest BCUT2D eigenvalue weighted by Crippen LogP contribution is -2.26. The minimum Gasteiger partial charge on any atom is -0.351 e. The summed E-state index contributed by atoms with van der Waals surface area (Å²) in [4.78, 5) is 11.5. The van der Waals surface area contributed by atoms with E-state index in [9.17, 15) is 4.79 Å². The van der Waals surface area contributed by atoms with Crippen molar-refractivity contribution in [1.82, 2.24) is 15.1 Å². The minimum atomic E-state index is -0.0431. The van der Waals surface area contributed by atoms with Crippen LogP contribution in [0.15, 0.2) is 12.3 Å². The van der Waals surface area contributed by atoms with Gasteiger partial charge in [0.2, 0.25) is 0 Å². The number of amides is 1. The molecule has 78 valence electrons. The maximum Gasteiger partial charge on any atom is 0.269 e. The van der Waals surface area contributed by atoms with Crippen LogP contribution in [0.2, 0.25) is 0 Å². The molecule has 0 aliphatic heterocycles. The summed E-state index contributed by atoms with van der Waals surface area (Å²) in [5, 5.41) is 6.79. The van der Waals surface area contributed by atoms with E-state index < -0.39 is 0 Å². The van der Waals surface area contributed by atoms with Crippen LogP contribution in [0.4, 0.5) is 0 Å². The average molecular weight is 307 g/mol. The van der Waals surface area contributed by atoms with E-state index in [1.54, 1.807) is 24.0 Å². The molecule has 1 heterocycles. The highest BCUT2D eigenvalue weighted by Crippen LogP contribution is 1.97. The predicted molar refractivity (Wildman–Crippen MR) is 63.7 cm³/mol. The maximum atomic E-state index is 11.5. The van der Waals surface area contributed by atoms with Crippen molar-refractivity contribution in [3.05, 3.63) is 18.0 Å². The number of hydrogen-bond acceptors (Lipinski definition) is 2. The number of rotatable bonds is 5. The molecule has 14 heavy (non-hydrogen) atoms. The molecule has 0 saturated carbocycles. The SMILES string of the molecule is Cn1nccc1C(=O)NCCCCI. The number of alkyl halides is 1. The number of nitrogens with zero attached hydrogens (tertiary/aromatic N) is 2. The van der Waals surface area contributed by atoms with Gasteiger partial charge in [-0.25, -0.2) is 0 Å². The average Bonchev–Trinajstić information content (AvgIpc) is 2.59. The largest absolute Gasteiger partial charge is 0.351 e. The number of aromatic nitrogens is 2. The van der Waals surface area contributed by atoms with Crippen LogP contribution in [-0.2, 0) is 7.05 Å². The van der Waals surface area contributed by atoms with Crippen molar-refractivity contribution in [3.63, 3.8) is 0 Å². The number of nitrogens with one attached hydrogen (secondary N) is 1. The van der Waals surface area contributed by atoms with E-state index in [2.05, 4.69) is 33.0 Å². The van der Waals surface area contributed by atoms with Crippen molar-refractivity contribution in [2.24, 2.45) is 7.05 Å². The fraction of sp³-hybridized carbons (Fsp3) is 0.556. The van der Waals surface area contributed by atoms with E-state index in [1.165, 1.54) is 0 Å². The highest BCUT2D eigenvalue weighted by molar-refractivity contribution is 14.1. The van der Waals surface area contributed by atoms with Crippen molar-refractivity contribution >= 4 is 28.5 Å². The molecular weight excluding hydrogens is 293 g/mol. The van der Waals surface area contributed by atoms with Crippen LogP contribution >= 0.6 is 22.6 Å². The first-order valence-electron chi connectivity index (χ1n) is 4.58. The Morgan fingerprint density at radius 1 is 1.64 bits per heavy atom. The number of carbonyl (C=O) groups is 1. The molecule has 1 aromatic heterocycles. The summed E-state index contributed by atoms with van der Waals surface area (Å²) in [6.45, 7) is 0.743. The number of halogens is 1. The summed E-state index contributed by atoms with van der Waals surface area (Å²) in [5.74, 6) is -0.0431. The standard InChI is InChI=1S/C9H14IN3O/c1-13-8(4-7-12-13)9(14)11-6-3-2-5-10/h4,7H,2-3,5-6H2,1H3,(H,11,14). The van der Waals surface area contributed by atoms with E-state index in [4.69, 9.17) is 0 Å². The molecule has 4 nitrogen and oxygen atoms in total. The number of hydrogen-bond donors (Lipinski definition) is 1. The van der Waals surface area contributed by atoms with Gasteiger partial charge in [-0.15, -0.1) is 0 Å². The molecule has 0 atom stereocenters. The van der Waals surface area contributed by atoms with Crippen molar-refractivity contribution in [2.45, 2.75) is 12.8 Å². The summed E-state index contributed by atoms with van der Waals surface area (Å²) in [6, 6.07) is 1.72. The van der Waals surface area contributed by atoms with Crippen LogP contribution in [0.25, 0.3) is 0 Å². The van der Waals surface area contributed by atoms with Gasteiger partial charge in [0, 0.05) is 19.8 Å². The van der Waals surface area contributed by atoms with Gasteiger partial charge in [-0.05, 0) is 23.3 Å². The Balaban J connectivity index is 2.32. The summed E-state index contributed by atoms with van der Waals surface area (Å²) in [7, 11) is 1.76. The Bertz CT molecular complexity index is 298. The third-order valence-corrected chi connectivity index (χ3v) is 2.66. The molecule has 0 radical (unpaired) electrons. The molecule has 0 saturated heterocycles. The fourth-order valence-electron chi connectivity index (χ4n) is 1.11. The minimum absolute atomic E-state index is 0.0431. The quantitative estimate of drug-likeness (QED) is 0.507. The molecule has 0 bridgehead atoms. The summed E-state index contributed by atoms with van der Waals surface area (Å²) in [6.07, 6.45) is 3.80. The fourth-order valence-corrected chi connectivity index (χ4v) is 1.65. The molecule has 5 heteroatoms. The smallest absolute Gasteiger partial charge is 0.269 e. The molecule has 0 fully saturated rings. The van der Waals surface area contributed by atoms with Gasteiger partial charge in [-0.3, -0.25) is 9.48 Å². The topological polar surface area (TPSA) is 46.9 Å². The van der Waals surface area contributed by atoms with Crippen LogP contribution in [0.3, 0.4) is 0 Å². The third kappa shape index (κ3) is 3.28. The first-order valence-corrected chi connectivity index (χ1v) is 6.10. The normalized spacial score (nSPS) is 10.1. The molecule has 0 aliphatic rings. The third-order valence-electron chi connectivity index (χ3n) is 1.90. The van der Waals surface area contributed by atoms with E-state index in [-0.39, 0.29) is 5.91 Å². The molecule has 1 N–H and O–H groups in total. The molecule has 0 unspecified atom stereocenters. The number of unbranched alkanes of at least 4 members (excludes halogenated alkanes) is 1. The van der Waals surface area contributed by atoms with Crippen LogP contribution < -0.4 is 5.32 Å². The molecule has 0 aliphatic carbocycles. The first-order chi connectivity index (χ1) is 6.75. The van der Waals surface area contributed by atoms with Gasteiger partial charge >= 0.3 is 0 Å². The highest BCUT2D eigenvalue weighted by atomic mass is 127. The second kappa shape index (κ2) is 6.00. The predicted octanol–water partition coefficient (Wildman–Crippen LogP) is 1.37.